The van der Waals surface area contributed by atoms with Crippen LogP contribution in [0.5, 0.6) is 0 Å². The van der Waals surface area contributed by atoms with E-state index in [2.05, 4.69) is 14.7 Å². The Balaban J connectivity index is 1.93. The molecule has 0 amide bonds. The quantitative estimate of drug-likeness (QED) is 0.875. The van der Waals surface area contributed by atoms with Crippen LogP contribution in [0.1, 0.15) is 36.6 Å². The van der Waals surface area contributed by atoms with Crippen molar-refractivity contribution in [2.45, 2.75) is 37.0 Å². The molecule has 1 aromatic heterocycles. The van der Waals surface area contributed by atoms with Crippen molar-refractivity contribution in [2.24, 2.45) is 0 Å². The van der Waals surface area contributed by atoms with Gasteiger partial charge in [-0.1, -0.05) is 29.6 Å². The van der Waals surface area contributed by atoms with Crippen LogP contribution < -0.4 is 4.72 Å². The maximum absolute atomic E-state index is 12.6. The third-order valence-corrected chi connectivity index (χ3v) is 6.03. The van der Waals surface area contributed by atoms with Crippen molar-refractivity contribution < 1.29 is 8.42 Å². The lowest BCUT2D eigenvalue weighted by Gasteiger charge is -2.23. The molecule has 1 heterocycles. The fourth-order valence-electron chi connectivity index (χ4n) is 2.51. The van der Waals surface area contributed by atoms with Gasteiger partial charge in [-0.05, 0) is 43.5 Å². The number of aryl methyl sites for hydroxylation is 1. The van der Waals surface area contributed by atoms with E-state index in [4.69, 9.17) is 23.2 Å². The first-order valence-electron chi connectivity index (χ1n) is 7.18. The van der Waals surface area contributed by atoms with Gasteiger partial charge in [0, 0.05) is 17.1 Å². The zero-order valence-corrected chi connectivity index (χ0v) is 14.7. The van der Waals surface area contributed by atoms with E-state index in [1.807, 2.05) is 0 Å². The number of rotatable bonds is 4. The summed E-state index contributed by atoms with van der Waals surface area (Å²) in [5, 5.41) is 0.469. The Morgan fingerprint density at radius 2 is 2.00 bits per heavy atom. The van der Waals surface area contributed by atoms with E-state index in [-0.39, 0.29) is 15.7 Å². The Kier molecular flexibility index (Phi) is 4.49. The van der Waals surface area contributed by atoms with Gasteiger partial charge in [-0.3, -0.25) is 4.72 Å². The van der Waals surface area contributed by atoms with E-state index in [9.17, 15) is 8.42 Å². The van der Waals surface area contributed by atoms with Crippen LogP contribution in [0.25, 0.3) is 0 Å². The molecule has 122 valence electrons. The van der Waals surface area contributed by atoms with Crippen molar-refractivity contribution in [1.29, 1.82) is 0 Å². The summed E-state index contributed by atoms with van der Waals surface area (Å²) in [4.78, 5) is 8.54. The molecule has 8 heteroatoms. The minimum atomic E-state index is -3.85. The SMILES string of the molecule is Cc1cc(Cl)cc(Cl)c1S(=O)(=O)Nc1ccnc(C2CCC2)n1. The van der Waals surface area contributed by atoms with Crippen molar-refractivity contribution in [3.8, 4) is 0 Å². The van der Waals surface area contributed by atoms with E-state index < -0.39 is 10.0 Å². The second kappa shape index (κ2) is 6.26. The molecule has 1 fully saturated rings. The fraction of sp³-hybridized carbons (Fsp3) is 0.333. The van der Waals surface area contributed by atoms with E-state index in [0.717, 1.165) is 19.3 Å². The molecule has 3 rings (SSSR count). The average molecular weight is 372 g/mol. The molecular weight excluding hydrogens is 357 g/mol. The zero-order valence-electron chi connectivity index (χ0n) is 12.4. The number of sulfonamides is 1. The number of nitrogens with one attached hydrogen (secondary N) is 1. The average Bonchev–Trinajstić information content (AvgIpc) is 2.34. The number of benzene rings is 1. The van der Waals surface area contributed by atoms with Gasteiger partial charge in [0.1, 0.15) is 16.5 Å². The Morgan fingerprint density at radius 1 is 1.26 bits per heavy atom. The van der Waals surface area contributed by atoms with Crippen molar-refractivity contribution in [3.05, 3.63) is 45.8 Å². The summed E-state index contributed by atoms with van der Waals surface area (Å²) in [6, 6.07) is 4.49. The highest BCUT2D eigenvalue weighted by Crippen LogP contribution is 2.35. The second-order valence-electron chi connectivity index (χ2n) is 5.57. The van der Waals surface area contributed by atoms with Gasteiger partial charge in [0.05, 0.1) is 5.02 Å². The predicted molar refractivity (Wildman–Crippen MR) is 90.6 cm³/mol. The number of hydrogen-bond acceptors (Lipinski definition) is 4. The van der Waals surface area contributed by atoms with E-state index in [1.165, 1.54) is 12.1 Å². The molecule has 1 aromatic carbocycles. The van der Waals surface area contributed by atoms with E-state index >= 15 is 0 Å². The molecule has 1 N–H and O–H groups in total. The zero-order chi connectivity index (χ0) is 16.6. The molecule has 0 aliphatic heterocycles. The molecule has 0 unspecified atom stereocenters. The Labute approximate surface area is 145 Å². The molecule has 0 saturated heterocycles. The predicted octanol–water partition coefficient (Wildman–Crippen LogP) is 4.16. The van der Waals surface area contributed by atoms with Crippen LogP contribution in [0.4, 0.5) is 5.82 Å². The lowest BCUT2D eigenvalue weighted by Crippen LogP contribution is -2.18. The maximum Gasteiger partial charge on any atom is 0.264 e. The minimum absolute atomic E-state index is 0.00683. The third-order valence-electron chi connectivity index (χ3n) is 3.85. The molecule has 23 heavy (non-hydrogen) atoms. The molecule has 0 radical (unpaired) electrons. The van der Waals surface area contributed by atoms with Crippen LogP contribution >= 0.6 is 23.2 Å². The standard InChI is InChI=1S/C15H15Cl2N3O2S/c1-9-7-11(16)8-12(17)14(9)23(21,22)20-13-5-6-18-15(19-13)10-3-2-4-10/h5-8,10H,2-4H2,1H3,(H,18,19,20). The molecule has 1 aliphatic carbocycles. The van der Waals surface area contributed by atoms with Crippen molar-refractivity contribution in [1.82, 2.24) is 9.97 Å². The highest BCUT2D eigenvalue weighted by Gasteiger charge is 2.25. The highest BCUT2D eigenvalue weighted by molar-refractivity contribution is 7.92. The molecule has 0 bridgehead atoms. The monoisotopic (exact) mass is 371 g/mol. The van der Waals surface area contributed by atoms with Crippen LogP contribution in [0.3, 0.4) is 0 Å². The Bertz CT molecular complexity index is 829. The summed E-state index contributed by atoms with van der Waals surface area (Å²) in [6.45, 7) is 1.64. The largest absolute Gasteiger partial charge is 0.264 e. The van der Waals surface area contributed by atoms with E-state index in [1.54, 1.807) is 19.2 Å². The smallest absolute Gasteiger partial charge is 0.263 e. The van der Waals surface area contributed by atoms with Crippen LogP contribution in [-0.4, -0.2) is 18.4 Å². The summed E-state index contributed by atoms with van der Waals surface area (Å²) in [5.74, 6) is 1.24. The number of halogens is 2. The highest BCUT2D eigenvalue weighted by atomic mass is 35.5. The van der Waals surface area contributed by atoms with Crippen molar-refractivity contribution in [2.75, 3.05) is 4.72 Å². The van der Waals surface area contributed by atoms with Gasteiger partial charge in [-0.25, -0.2) is 18.4 Å². The molecule has 2 aromatic rings. The lowest BCUT2D eigenvalue weighted by atomic mass is 9.85. The summed E-state index contributed by atoms with van der Waals surface area (Å²) in [6.07, 6.45) is 4.80. The van der Waals surface area contributed by atoms with Gasteiger partial charge in [0.25, 0.3) is 10.0 Å². The van der Waals surface area contributed by atoms with Crippen molar-refractivity contribution >= 4 is 39.0 Å². The van der Waals surface area contributed by atoms with Gasteiger partial charge >= 0.3 is 0 Å². The normalized spacial score (nSPS) is 15.3. The number of hydrogen-bond donors (Lipinski definition) is 1. The van der Waals surface area contributed by atoms with Gasteiger partial charge in [0.15, 0.2) is 0 Å². The fourth-order valence-corrected chi connectivity index (χ4v) is 4.70. The first-order chi connectivity index (χ1) is 10.9. The summed E-state index contributed by atoms with van der Waals surface area (Å²) >= 11 is 12.0. The minimum Gasteiger partial charge on any atom is -0.263 e. The van der Waals surface area contributed by atoms with Gasteiger partial charge in [-0.2, -0.15) is 0 Å². The first-order valence-corrected chi connectivity index (χ1v) is 9.42. The topological polar surface area (TPSA) is 72.0 Å². The lowest BCUT2D eigenvalue weighted by molar-refractivity contribution is 0.402. The van der Waals surface area contributed by atoms with Gasteiger partial charge < -0.3 is 0 Å². The molecule has 1 saturated carbocycles. The van der Waals surface area contributed by atoms with Crippen LogP contribution in [0, 0.1) is 6.92 Å². The maximum atomic E-state index is 12.6. The molecule has 5 nitrogen and oxygen atoms in total. The Hall–Kier alpha value is -1.37. The van der Waals surface area contributed by atoms with E-state index in [0.29, 0.717) is 22.3 Å². The van der Waals surface area contributed by atoms with Crippen LogP contribution in [-0.2, 0) is 10.0 Å². The van der Waals surface area contributed by atoms with Crippen molar-refractivity contribution in [3.63, 3.8) is 0 Å². The number of anilines is 1. The summed E-state index contributed by atoms with van der Waals surface area (Å²) < 4.78 is 27.7. The molecule has 0 spiro atoms. The second-order valence-corrected chi connectivity index (χ2v) is 8.03. The molecular formula is C15H15Cl2N3O2S. The molecule has 1 aliphatic rings. The number of nitrogens with zero attached hydrogens (tertiary/aromatic N) is 2. The third kappa shape index (κ3) is 3.44. The van der Waals surface area contributed by atoms with Gasteiger partial charge in [-0.15, -0.1) is 0 Å². The Morgan fingerprint density at radius 3 is 2.61 bits per heavy atom. The van der Waals surface area contributed by atoms with Gasteiger partial charge in [0.2, 0.25) is 0 Å². The van der Waals surface area contributed by atoms with Crippen LogP contribution in [0.15, 0.2) is 29.3 Å². The summed E-state index contributed by atoms with van der Waals surface area (Å²) in [5.41, 5.74) is 0.475. The molecule has 0 atom stereocenters. The van der Waals surface area contributed by atoms with Crippen LogP contribution in [0.2, 0.25) is 10.0 Å². The number of aromatic nitrogens is 2. The summed E-state index contributed by atoms with van der Waals surface area (Å²) in [7, 11) is -3.85. The first kappa shape index (κ1) is 16.5.